The SMILES string of the molecule is O=C(Nc1ccc(Oc2ccc(CNC(=O)N3CCN(Cc4ccc5c(c4)OCO5)CC3)cc2)nc1)c1ccc(Cl)c(Cl)c1. The number of nitrogens with one attached hydrogen (secondary N) is 2. The van der Waals surface area contributed by atoms with Crippen molar-refractivity contribution < 1.29 is 23.8 Å². The molecule has 0 unspecified atom stereocenters. The third-order valence-electron chi connectivity index (χ3n) is 7.27. The molecule has 12 heteroatoms. The lowest BCUT2D eigenvalue weighted by Crippen LogP contribution is -2.51. The Balaban J connectivity index is 0.925. The van der Waals surface area contributed by atoms with Gasteiger partial charge < -0.3 is 29.7 Å². The van der Waals surface area contributed by atoms with Crippen molar-refractivity contribution in [2.45, 2.75) is 13.1 Å². The zero-order chi connectivity index (χ0) is 30.5. The second kappa shape index (κ2) is 13.4. The van der Waals surface area contributed by atoms with Crippen molar-refractivity contribution in [3.8, 4) is 23.1 Å². The van der Waals surface area contributed by atoms with Gasteiger partial charge in [-0.3, -0.25) is 9.69 Å². The number of piperazine rings is 1. The molecule has 1 fully saturated rings. The first-order chi connectivity index (χ1) is 21.4. The van der Waals surface area contributed by atoms with Crippen molar-refractivity contribution in [3.05, 3.63) is 106 Å². The Bertz CT molecular complexity index is 1640. The first-order valence-corrected chi connectivity index (χ1v) is 14.8. The molecule has 0 aliphatic carbocycles. The summed E-state index contributed by atoms with van der Waals surface area (Å²) in [7, 11) is 0. The lowest BCUT2D eigenvalue weighted by Gasteiger charge is -2.34. The van der Waals surface area contributed by atoms with Crippen LogP contribution in [0, 0.1) is 0 Å². The highest BCUT2D eigenvalue weighted by Gasteiger charge is 2.22. The molecule has 3 heterocycles. The van der Waals surface area contributed by atoms with E-state index < -0.39 is 0 Å². The molecule has 0 spiro atoms. The third-order valence-corrected chi connectivity index (χ3v) is 8.01. The molecule has 226 valence electrons. The van der Waals surface area contributed by atoms with Gasteiger partial charge in [0.05, 0.1) is 21.9 Å². The highest BCUT2D eigenvalue weighted by Crippen LogP contribution is 2.33. The van der Waals surface area contributed by atoms with E-state index in [1.54, 1.807) is 24.3 Å². The highest BCUT2D eigenvalue weighted by atomic mass is 35.5. The average molecular weight is 635 g/mol. The van der Waals surface area contributed by atoms with Gasteiger partial charge in [0, 0.05) is 50.9 Å². The number of carbonyl (C=O) groups excluding carboxylic acids is 2. The lowest BCUT2D eigenvalue weighted by molar-refractivity contribution is 0.102. The number of urea groups is 1. The van der Waals surface area contributed by atoms with Gasteiger partial charge in [-0.1, -0.05) is 41.4 Å². The van der Waals surface area contributed by atoms with Crippen LogP contribution in [0.25, 0.3) is 0 Å². The number of nitrogens with zero attached hydrogens (tertiary/aromatic N) is 3. The number of pyridine rings is 1. The topological polar surface area (TPSA) is 105 Å². The van der Waals surface area contributed by atoms with Gasteiger partial charge in [-0.2, -0.15) is 0 Å². The van der Waals surface area contributed by atoms with E-state index in [0.29, 0.717) is 52.6 Å². The molecule has 2 aliphatic rings. The molecule has 2 N–H and O–H groups in total. The van der Waals surface area contributed by atoms with Gasteiger partial charge in [0.2, 0.25) is 12.7 Å². The van der Waals surface area contributed by atoms with Crippen LogP contribution in [0.5, 0.6) is 23.1 Å². The molecule has 4 aromatic rings. The molecular weight excluding hydrogens is 605 g/mol. The normalized spacial score (nSPS) is 14.3. The fourth-order valence-electron chi connectivity index (χ4n) is 4.85. The minimum atomic E-state index is -0.332. The molecule has 0 bridgehead atoms. The van der Waals surface area contributed by atoms with Crippen molar-refractivity contribution in [2.24, 2.45) is 0 Å². The third kappa shape index (κ3) is 7.34. The van der Waals surface area contributed by atoms with Crippen LogP contribution in [0.3, 0.4) is 0 Å². The quantitative estimate of drug-likeness (QED) is 0.238. The fourth-order valence-corrected chi connectivity index (χ4v) is 5.15. The van der Waals surface area contributed by atoms with Crippen molar-refractivity contribution in [1.29, 1.82) is 0 Å². The predicted molar refractivity (Wildman–Crippen MR) is 167 cm³/mol. The maximum absolute atomic E-state index is 12.8. The predicted octanol–water partition coefficient (Wildman–Crippen LogP) is 6.19. The van der Waals surface area contributed by atoms with E-state index in [9.17, 15) is 9.59 Å². The minimum absolute atomic E-state index is 0.0800. The zero-order valence-corrected chi connectivity index (χ0v) is 25.1. The molecule has 0 radical (unpaired) electrons. The van der Waals surface area contributed by atoms with Gasteiger partial charge >= 0.3 is 6.03 Å². The van der Waals surface area contributed by atoms with Crippen molar-refractivity contribution in [3.63, 3.8) is 0 Å². The number of ether oxygens (including phenoxy) is 3. The van der Waals surface area contributed by atoms with E-state index >= 15 is 0 Å². The van der Waals surface area contributed by atoms with Gasteiger partial charge in [0.1, 0.15) is 5.75 Å². The monoisotopic (exact) mass is 633 g/mol. The summed E-state index contributed by atoms with van der Waals surface area (Å²) < 4.78 is 16.7. The van der Waals surface area contributed by atoms with Gasteiger partial charge in [-0.15, -0.1) is 0 Å². The number of fused-ring (bicyclic) bond motifs is 1. The van der Waals surface area contributed by atoms with Gasteiger partial charge in [-0.25, -0.2) is 9.78 Å². The van der Waals surface area contributed by atoms with E-state index in [0.717, 1.165) is 42.3 Å². The van der Waals surface area contributed by atoms with Crippen LogP contribution in [-0.4, -0.2) is 59.7 Å². The van der Waals surface area contributed by atoms with E-state index in [2.05, 4.69) is 26.6 Å². The molecular formula is C32H29Cl2N5O5. The number of halogens is 2. The Morgan fingerprint density at radius 1 is 0.841 bits per heavy atom. The summed E-state index contributed by atoms with van der Waals surface area (Å²) in [4.78, 5) is 33.7. The summed E-state index contributed by atoms with van der Waals surface area (Å²) >= 11 is 11.9. The Hall–Kier alpha value is -4.51. The van der Waals surface area contributed by atoms with E-state index in [1.165, 1.54) is 12.3 Å². The maximum atomic E-state index is 12.8. The van der Waals surface area contributed by atoms with Gasteiger partial charge in [0.25, 0.3) is 5.91 Å². The van der Waals surface area contributed by atoms with Gasteiger partial charge in [-0.05, 0) is 59.7 Å². The molecule has 3 amide bonds. The number of amides is 3. The van der Waals surface area contributed by atoms with Crippen LogP contribution in [0.15, 0.2) is 79.0 Å². The number of hydrogen-bond acceptors (Lipinski definition) is 7. The Morgan fingerprint density at radius 3 is 2.36 bits per heavy atom. The summed E-state index contributed by atoms with van der Waals surface area (Å²) in [6.45, 7) is 4.39. The number of anilines is 1. The van der Waals surface area contributed by atoms with Crippen LogP contribution in [0.2, 0.25) is 10.0 Å². The van der Waals surface area contributed by atoms with Crippen molar-refractivity contribution in [1.82, 2.24) is 20.1 Å². The molecule has 6 rings (SSSR count). The molecule has 44 heavy (non-hydrogen) atoms. The molecule has 1 saturated heterocycles. The summed E-state index contributed by atoms with van der Waals surface area (Å²) in [6, 6.07) is 21.4. The van der Waals surface area contributed by atoms with E-state index in [1.807, 2.05) is 41.3 Å². The summed E-state index contributed by atoms with van der Waals surface area (Å²) in [5.41, 5.74) is 3.00. The number of rotatable bonds is 8. The summed E-state index contributed by atoms with van der Waals surface area (Å²) in [6.07, 6.45) is 1.51. The van der Waals surface area contributed by atoms with Crippen LogP contribution in [0.1, 0.15) is 21.5 Å². The molecule has 0 atom stereocenters. The van der Waals surface area contributed by atoms with Crippen LogP contribution < -0.4 is 24.8 Å². The first-order valence-electron chi connectivity index (χ1n) is 14.0. The van der Waals surface area contributed by atoms with Crippen molar-refractivity contribution >= 4 is 40.8 Å². The van der Waals surface area contributed by atoms with Crippen LogP contribution >= 0.6 is 23.2 Å². The molecule has 0 saturated carbocycles. The zero-order valence-electron chi connectivity index (χ0n) is 23.6. The Labute approximate surface area is 264 Å². The summed E-state index contributed by atoms with van der Waals surface area (Å²) in [5.74, 6) is 2.21. The van der Waals surface area contributed by atoms with Crippen molar-refractivity contribution in [2.75, 3.05) is 38.3 Å². The lowest BCUT2D eigenvalue weighted by atomic mass is 10.1. The smallest absolute Gasteiger partial charge is 0.317 e. The standard InChI is InChI=1S/C32H29Cl2N5O5/c33-26-8-4-23(16-27(26)34)31(40)37-24-5-10-30(35-18-24)44-25-6-1-21(2-7-25)17-36-32(41)39-13-11-38(12-14-39)19-22-3-9-28-29(15-22)43-20-42-28/h1-10,15-16,18H,11-14,17,19-20H2,(H,36,41)(H,37,40). The second-order valence-corrected chi connectivity index (χ2v) is 11.1. The summed E-state index contributed by atoms with van der Waals surface area (Å²) in [5, 5.41) is 6.45. The number of hydrogen-bond donors (Lipinski definition) is 2. The van der Waals surface area contributed by atoms with Crippen LogP contribution in [0.4, 0.5) is 10.5 Å². The average Bonchev–Trinajstić information content (AvgIpc) is 3.51. The van der Waals surface area contributed by atoms with E-state index in [4.69, 9.17) is 37.4 Å². The number of aromatic nitrogens is 1. The highest BCUT2D eigenvalue weighted by molar-refractivity contribution is 6.42. The number of benzene rings is 3. The van der Waals surface area contributed by atoms with E-state index in [-0.39, 0.29) is 18.7 Å². The molecule has 3 aromatic carbocycles. The largest absolute Gasteiger partial charge is 0.454 e. The Kier molecular flexibility index (Phi) is 9.02. The van der Waals surface area contributed by atoms with Gasteiger partial charge in [0.15, 0.2) is 11.5 Å². The minimum Gasteiger partial charge on any atom is -0.454 e. The Morgan fingerprint density at radius 2 is 1.61 bits per heavy atom. The molecule has 10 nitrogen and oxygen atoms in total. The maximum Gasteiger partial charge on any atom is 0.317 e. The fraction of sp³-hybridized carbons (Fsp3) is 0.219. The second-order valence-electron chi connectivity index (χ2n) is 10.3. The number of carbonyl (C=O) groups is 2. The molecule has 1 aromatic heterocycles. The first kappa shape index (κ1) is 29.6. The van der Waals surface area contributed by atoms with Crippen LogP contribution in [-0.2, 0) is 13.1 Å². The molecule has 2 aliphatic heterocycles.